The van der Waals surface area contributed by atoms with E-state index in [0.717, 1.165) is 22.9 Å². The second-order valence-corrected chi connectivity index (χ2v) is 12.3. The van der Waals surface area contributed by atoms with Crippen LogP contribution in [0.5, 0.6) is 0 Å². The van der Waals surface area contributed by atoms with Gasteiger partial charge in [0.15, 0.2) is 5.82 Å². The van der Waals surface area contributed by atoms with E-state index in [2.05, 4.69) is 28.6 Å². The molecule has 212 valence electrons. The molecular weight excluding hydrogens is 535 g/mol. The molecule has 1 fully saturated rings. The smallest absolute Gasteiger partial charge is 0.307 e. The molecular formula is C29H34ClFN6O3. The summed E-state index contributed by atoms with van der Waals surface area (Å²) in [5, 5.41) is 9.10. The van der Waals surface area contributed by atoms with E-state index in [-0.39, 0.29) is 22.8 Å². The summed E-state index contributed by atoms with van der Waals surface area (Å²) in [5.74, 6) is -0.349. The number of piperazine rings is 1. The molecule has 1 aromatic carbocycles. The summed E-state index contributed by atoms with van der Waals surface area (Å²) >= 11 is 5.91. The minimum absolute atomic E-state index is 0.0696. The second kappa shape index (κ2) is 10.1. The minimum atomic E-state index is -0.895. The van der Waals surface area contributed by atoms with Gasteiger partial charge in [-0.25, -0.2) is 14.4 Å². The van der Waals surface area contributed by atoms with E-state index in [9.17, 15) is 14.0 Å². The van der Waals surface area contributed by atoms with Gasteiger partial charge in [-0.3, -0.25) is 9.59 Å². The Hall–Kier alpha value is -3.66. The summed E-state index contributed by atoms with van der Waals surface area (Å²) in [6, 6.07) is 8.43. The van der Waals surface area contributed by atoms with Gasteiger partial charge in [0, 0.05) is 50.5 Å². The van der Waals surface area contributed by atoms with E-state index in [1.165, 1.54) is 6.07 Å². The maximum Gasteiger partial charge on any atom is 0.307 e. The fourth-order valence-electron chi connectivity index (χ4n) is 5.83. The Kier molecular flexibility index (Phi) is 7.02. The van der Waals surface area contributed by atoms with Crippen LogP contribution in [0.1, 0.15) is 55.3 Å². The van der Waals surface area contributed by atoms with Gasteiger partial charge < -0.3 is 24.4 Å². The summed E-state index contributed by atoms with van der Waals surface area (Å²) in [7, 11) is 1.87. The Morgan fingerprint density at radius 1 is 1.07 bits per heavy atom. The molecule has 0 aliphatic carbocycles. The molecule has 2 aromatic heterocycles. The number of halogens is 2. The second-order valence-electron chi connectivity index (χ2n) is 11.9. The van der Waals surface area contributed by atoms with Gasteiger partial charge in [0.25, 0.3) is 5.91 Å². The number of carbonyl (C=O) groups excluding carboxylic acids is 1. The fourth-order valence-corrected chi connectivity index (χ4v) is 5.95. The Labute approximate surface area is 238 Å². The summed E-state index contributed by atoms with van der Waals surface area (Å²) in [6.07, 6.45) is 1.52. The van der Waals surface area contributed by atoms with Crippen molar-refractivity contribution in [3.05, 3.63) is 70.1 Å². The first kappa shape index (κ1) is 27.9. The number of amides is 1. The van der Waals surface area contributed by atoms with Crippen molar-refractivity contribution in [3.8, 4) is 0 Å². The number of anilines is 2. The normalized spacial score (nSPS) is 18.0. The Morgan fingerprint density at radius 3 is 2.45 bits per heavy atom. The largest absolute Gasteiger partial charge is 0.481 e. The van der Waals surface area contributed by atoms with Crippen LogP contribution in [0.15, 0.2) is 36.5 Å². The Morgan fingerprint density at radius 2 is 1.82 bits per heavy atom. The Balaban J connectivity index is 1.37. The molecule has 0 spiro atoms. The number of hydrogen-bond acceptors (Lipinski definition) is 6. The zero-order chi connectivity index (χ0) is 29.0. The average Bonchev–Trinajstić information content (AvgIpc) is 3.22. The molecule has 1 saturated heterocycles. The maximum absolute atomic E-state index is 14.2. The quantitative estimate of drug-likeness (QED) is 0.491. The van der Waals surface area contributed by atoms with Crippen LogP contribution in [0, 0.1) is 5.82 Å². The number of hydrogen-bond donors (Lipinski definition) is 1. The highest BCUT2D eigenvalue weighted by Crippen LogP contribution is 2.37. The number of nitrogens with zero attached hydrogens (tertiary/aromatic N) is 6. The van der Waals surface area contributed by atoms with E-state index >= 15 is 0 Å². The number of aromatic nitrogens is 3. The molecule has 1 amide bonds. The molecule has 0 radical (unpaired) electrons. The van der Waals surface area contributed by atoms with Crippen molar-refractivity contribution in [1.29, 1.82) is 0 Å². The van der Waals surface area contributed by atoms with Crippen LogP contribution < -0.4 is 9.80 Å². The van der Waals surface area contributed by atoms with Crippen LogP contribution in [0.3, 0.4) is 0 Å². The molecule has 9 nitrogen and oxygen atoms in total. The van der Waals surface area contributed by atoms with Crippen molar-refractivity contribution in [2.75, 3.05) is 36.0 Å². The fraction of sp³-hybridized carbons (Fsp3) is 0.448. The average molecular weight is 569 g/mol. The molecule has 3 aromatic rings. The minimum Gasteiger partial charge on any atom is -0.481 e. The van der Waals surface area contributed by atoms with Gasteiger partial charge >= 0.3 is 5.97 Å². The van der Waals surface area contributed by atoms with E-state index in [1.54, 1.807) is 18.3 Å². The molecule has 1 N–H and O–H groups in total. The van der Waals surface area contributed by atoms with Crippen LogP contribution in [-0.4, -0.2) is 68.1 Å². The summed E-state index contributed by atoms with van der Waals surface area (Å²) in [6.45, 7) is 11.0. The van der Waals surface area contributed by atoms with Crippen molar-refractivity contribution < 1.29 is 19.1 Å². The number of carbonyl (C=O) groups is 2. The third kappa shape index (κ3) is 5.12. The molecule has 2 aliphatic rings. The van der Waals surface area contributed by atoms with Gasteiger partial charge in [0.2, 0.25) is 0 Å². The molecule has 0 atom stereocenters. The monoisotopic (exact) mass is 568 g/mol. The summed E-state index contributed by atoms with van der Waals surface area (Å²) < 4.78 is 16.1. The van der Waals surface area contributed by atoms with E-state index in [1.807, 2.05) is 42.5 Å². The molecule has 4 heterocycles. The summed E-state index contributed by atoms with van der Waals surface area (Å²) in [5.41, 5.74) is 2.31. The van der Waals surface area contributed by atoms with Crippen LogP contribution in [0.25, 0.3) is 0 Å². The van der Waals surface area contributed by atoms with Crippen molar-refractivity contribution in [1.82, 2.24) is 19.4 Å². The molecule has 40 heavy (non-hydrogen) atoms. The number of aliphatic carboxylic acids is 1. The van der Waals surface area contributed by atoms with Crippen molar-refractivity contribution in [3.63, 3.8) is 0 Å². The molecule has 0 unspecified atom stereocenters. The first-order valence-electron chi connectivity index (χ1n) is 13.3. The molecule has 11 heteroatoms. The molecule has 2 aliphatic heterocycles. The third-order valence-corrected chi connectivity index (χ3v) is 8.18. The van der Waals surface area contributed by atoms with Crippen LogP contribution >= 0.6 is 11.6 Å². The van der Waals surface area contributed by atoms with E-state index < -0.39 is 17.3 Å². The molecule has 0 saturated carbocycles. The van der Waals surface area contributed by atoms with Crippen LogP contribution in [0.2, 0.25) is 5.02 Å². The summed E-state index contributed by atoms with van der Waals surface area (Å²) in [4.78, 5) is 40.4. The van der Waals surface area contributed by atoms with E-state index in [0.29, 0.717) is 44.1 Å². The highest BCUT2D eigenvalue weighted by Gasteiger charge is 2.42. The van der Waals surface area contributed by atoms with Gasteiger partial charge in [0.05, 0.1) is 34.9 Å². The predicted molar refractivity (Wildman–Crippen MR) is 152 cm³/mol. The lowest BCUT2D eigenvalue weighted by Crippen LogP contribution is -2.61. The van der Waals surface area contributed by atoms with Gasteiger partial charge in [-0.1, -0.05) is 31.5 Å². The number of fused-ring (bicyclic) bond motifs is 1. The standard InChI is InChI=1S/C29H34ClFN6O3/c1-28(2)16-36(19-7-8-20(30)21(31)13-19)15-22-25(28)33-26(34(22)5)27(40)37-11-10-35(17-29(37,3)4)23-9-6-18(14-32-23)12-24(38)39/h6-9,13-14H,10-12,15-17H2,1-5H3,(H,38,39). The molecule has 5 rings (SSSR count). The zero-order valence-electron chi connectivity index (χ0n) is 23.4. The van der Waals surface area contributed by atoms with Crippen molar-refractivity contribution in [2.45, 2.75) is 51.6 Å². The number of benzene rings is 1. The van der Waals surface area contributed by atoms with Crippen molar-refractivity contribution in [2.24, 2.45) is 7.05 Å². The lowest BCUT2D eigenvalue weighted by atomic mass is 9.84. The molecule has 0 bridgehead atoms. The van der Waals surface area contributed by atoms with Gasteiger partial charge in [-0.05, 0) is 43.7 Å². The van der Waals surface area contributed by atoms with E-state index in [4.69, 9.17) is 21.7 Å². The van der Waals surface area contributed by atoms with Gasteiger partial charge in [0.1, 0.15) is 11.6 Å². The van der Waals surface area contributed by atoms with Crippen molar-refractivity contribution >= 4 is 35.0 Å². The topological polar surface area (TPSA) is 94.8 Å². The van der Waals surface area contributed by atoms with Crippen LogP contribution in [-0.2, 0) is 30.2 Å². The van der Waals surface area contributed by atoms with Gasteiger partial charge in [-0.15, -0.1) is 0 Å². The number of rotatable bonds is 5. The zero-order valence-corrected chi connectivity index (χ0v) is 24.2. The Bertz CT molecular complexity index is 1470. The number of pyridine rings is 1. The first-order valence-corrected chi connectivity index (χ1v) is 13.6. The SMILES string of the molecule is Cn1c(C(=O)N2CCN(c3ccc(CC(=O)O)cn3)CC2(C)C)nc2c1CN(c1ccc(Cl)c(F)c1)CC2(C)C. The number of carboxylic acid groups (broad SMARTS) is 1. The highest BCUT2D eigenvalue weighted by atomic mass is 35.5. The van der Waals surface area contributed by atoms with Gasteiger partial charge in [-0.2, -0.15) is 0 Å². The lowest BCUT2D eigenvalue weighted by molar-refractivity contribution is -0.136. The first-order chi connectivity index (χ1) is 18.8. The lowest BCUT2D eigenvalue weighted by Gasteiger charge is -2.47. The van der Waals surface area contributed by atoms with Crippen LogP contribution in [0.4, 0.5) is 15.9 Å². The number of carboxylic acids is 1. The third-order valence-electron chi connectivity index (χ3n) is 7.88. The maximum atomic E-state index is 14.2. The number of imidazole rings is 1. The predicted octanol–water partition coefficient (Wildman–Crippen LogP) is 4.27. The highest BCUT2D eigenvalue weighted by molar-refractivity contribution is 6.30.